The van der Waals surface area contributed by atoms with Gasteiger partial charge in [-0.3, -0.25) is 4.90 Å². The van der Waals surface area contributed by atoms with Gasteiger partial charge in [0, 0.05) is 19.1 Å². The minimum Gasteiger partial charge on any atom is -0.478 e. The molecular weight excluding hydrogens is 442 g/mol. The van der Waals surface area contributed by atoms with Crippen LogP contribution in [0.4, 0.5) is 0 Å². The molecule has 3 nitrogen and oxygen atoms in total. The molecule has 1 heterocycles. The van der Waals surface area contributed by atoms with E-state index in [1.54, 1.807) is 6.07 Å². The number of benzene rings is 2. The summed E-state index contributed by atoms with van der Waals surface area (Å²) in [4.78, 5) is 14.2. The quantitative estimate of drug-likeness (QED) is 0.362. The van der Waals surface area contributed by atoms with Gasteiger partial charge in [0.05, 0.1) is 5.56 Å². The molecule has 0 unspecified atom stereocenters. The van der Waals surface area contributed by atoms with E-state index < -0.39 is 5.97 Å². The maximum atomic E-state index is 11.6. The van der Waals surface area contributed by atoms with Crippen LogP contribution in [0.5, 0.6) is 0 Å². The Balaban J connectivity index is 1.70. The number of hydrogen-bond acceptors (Lipinski definition) is 2. The average molecular weight is 488 g/mol. The molecule has 2 aromatic carbocycles. The fourth-order valence-electron chi connectivity index (χ4n) is 6.61. The number of aromatic carboxylic acids is 1. The smallest absolute Gasteiger partial charge is 0.335 e. The third-order valence-electron chi connectivity index (χ3n) is 9.08. The Labute approximate surface area is 218 Å². The van der Waals surface area contributed by atoms with Gasteiger partial charge in [-0.15, -0.1) is 0 Å². The summed E-state index contributed by atoms with van der Waals surface area (Å²) in [6.07, 6.45) is 9.92. The first-order valence-electron chi connectivity index (χ1n) is 14.1. The molecule has 1 saturated heterocycles. The number of hydrogen-bond donors (Lipinski definition) is 1. The van der Waals surface area contributed by atoms with Gasteiger partial charge < -0.3 is 5.11 Å². The molecule has 2 aromatic rings. The lowest BCUT2D eigenvalue weighted by atomic mass is 9.72. The third-order valence-corrected chi connectivity index (χ3v) is 9.08. The highest BCUT2D eigenvalue weighted by Crippen LogP contribution is 2.43. The molecule has 36 heavy (non-hydrogen) atoms. The minimum atomic E-state index is -0.855. The highest BCUT2D eigenvalue weighted by atomic mass is 16.4. The van der Waals surface area contributed by atoms with E-state index in [0.29, 0.717) is 22.9 Å². The Bertz CT molecular complexity index is 1100. The van der Waals surface area contributed by atoms with Crippen LogP contribution in [0, 0.1) is 18.3 Å². The van der Waals surface area contributed by atoms with Crippen LogP contribution >= 0.6 is 0 Å². The largest absolute Gasteiger partial charge is 0.478 e. The predicted molar refractivity (Wildman–Crippen MR) is 151 cm³/mol. The molecule has 0 spiro atoms. The van der Waals surface area contributed by atoms with Crippen LogP contribution in [0.15, 0.2) is 42.5 Å². The molecule has 194 valence electrons. The number of carbonyl (C=O) groups is 1. The van der Waals surface area contributed by atoms with Gasteiger partial charge in [0.1, 0.15) is 0 Å². The molecule has 1 aliphatic carbocycles. The topological polar surface area (TPSA) is 40.5 Å². The first-order chi connectivity index (χ1) is 17.2. The van der Waals surface area contributed by atoms with Crippen LogP contribution in [-0.2, 0) is 6.42 Å². The molecule has 1 saturated carbocycles. The zero-order chi connectivity index (χ0) is 25.9. The Kier molecular flexibility index (Phi) is 8.40. The summed E-state index contributed by atoms with van der Waals surface area (Å²) < 4.78 is 0. The second-order valence-electron chi connectivity index (χ2n) is 11.7. The van der Waals surface area contributed by atoms with Crippen LogP contribution in [0.2, 0.25) is 0 Å². The Morgan fingerprint density at radius 1 is 1.06 bits per heavy atom. The fraction of sp³-hybridized carbons (Fsp3) is 0.545. The van der Waals surface area contributed by atoms with E-state index in [9.17, 15) is 9.90 Å². The van der Waals surface area contributed by atoms with Crippen molar-refractivity contribution in [1.29, 1.82) is 0 Å². The van der Waals surface area contributed by atoms with E-state index in [4.69, 9.17) is 0 Å². The Morgan fingerprint density at radius 3 is 2.36 bits per heavy atom. The van der Waals surface area contributed by atoms with E-state index in [0.717, 1.165) is 12.0 Å². The number of rotatable bonds is 9. The van der Waals surface area contributed by atoms with Crippen LogP contribution in [0.3, 0.4) is 0 Å². The van der Waals surface area contributed by atoms with E-state index in [2.05, 4.69) is 69.9 Å². The number of carboxylic acids is 1. The molecule has 4 rings (SSSR count). The standard InChI is InChI=1S/C33H45NO2/c1-6-33(21-34(22-33)23(2)3)19-18-26-12-10-11-15-30(26)25(5)31(27-13-8-7-9-14-27)29-17-16-28(32(35)36)20-24(29)4/h10-12,15-17,20,23,27H,6-9,13-14,18-19,21-22H2,1-5H3,(H,35,36)/b31-25+. The van der Waals surface area contributed by atoms with Crippen molar-refractivity contribution in [3.8, 4) is 0 Å². The van der Waals surface area contributed by atoms with Gasteiger partial charge in [0.2, 0.25) is 0 Å². The summed E-state index contributed by atoms with van der Waals surface area (Å²) in [5.74, 6) is -0.318. The van der Waals surface area contributed by atoms with Crippen LogP contribution in [0.25, 0.3) is 11.1 Å². The predicted octanol–water partition coefficient (Wildman–Crippen LogP) is 8.26. The zero-order valence-corrected chi connectivity index (χ0v) is 23.1. The zero-order valence-electron chi connectivity index (χ0n) is 23.1. The SMILES string of the molecule is CCC1(CCc2ccccc2/C(C)=C(/c2ccc(C(=O)O)cc2C)C2CCCCC2)CN(C(C)C)C1. The summed E-state index contributed by atoms with van der Waals surface area (Å²) in [5, 5.41) is 9.51. The molecule has 1 aliphatic heterocycles. The van der Waals surface area contributed by atoms with Gasteiger partial charge in [-0.05, 0) is 117 Å². The minimum absolute atomic E-state index is 0.373. The molecule has 0 bridgehead atoms. The first-order valence-corrected chi connectivity index (χ1v) is 14.1. The van der Waals surface area contributed by atoms with E-state index in [-0.39, 0.29) is 0 Å². The van der Waals surface area contributed by atoms with Gasteiger partial charge >= 0.3 is 5.97 Å². The van der Waals surface area contributed by atoms with Crippen molar-refractivity contribution >= 4 is 17.1 Å². The van der Waals surface area contributed by atoms with Crippen molar-refractivity contribution in [2.24, 2.45) is 11.3 Å². The summed E-state index contributed by atoms with van der Waals surface area (Å²) >= 11 is 0. The van der Waals surface area contributed by atoms with Crippen LogP contribution < -0.4 is 0 Å². The number of likely N-dealkylation sites (tertiary alicyclic amines) is 1. The number of allylic oxidation sites excluding steroid dienone is 2. The van der Waals surface area contributed by atoms with Gasteiger partial charge in [-0.1, -0.05) is 56.5 Å². The molecule has 3 heteroatoms. The van der Waals surface area contributed by atoms with Crippen molar-refractivity contribution in [3.63, 3.8) is 0 Å². The lowest BCUT2D eigenvalue weighted by Gasteiger charge is -2.52. The van der Waals surface area contributed by atoms with E-state index in [1.807, 2.05) is 6.07 Å². The van der Waals surface area contributed by atoms with Crippen molar-refractivity contribution < 1.29 is 9.90 Å². The summed E-state index contributed by atoms with van der Waals surface area (Å²) in [6, 6.07) is 15.4. The molecule has 0 atom stereocenters. The van der Waals surface area contributed by atoms with Crippen LogP contribution in [-0.4, -0.2) is 35.1 Å². The second kappa shape index (κ2) is 11.3. The lowest BCUT2D eigenvalue weighted by Crippen LogP contribution is -2.58. The van der Waals surface area contributed by atoms with E-state index >= 15 is 0 Å². The molecule has 0 aromatic heterocycles. The normalized spacial score (nSPS) is 19.2. The summed E-state index contributed by atoms with van der Waals surface area (Å²) in [7, 11) is 0. The maximum absolute atomic E-state index is 11.6. The molecule has 0 amide bonds. The Hall–Kier alpha value is -2.39. The first kappa shape index (κ1) is 26.7. The van der Waals surface area contributed by atoms with Gasteiger partial charge in [0.15, 0.2) is 0 Å². The highest BCUT2D eigenvalue weighted by molar-refractivity contribution is 5.94. The molecule has 2 aliphatic rings. The van der Waals surface area contributed by atoms with Gasteiger partial charge in [0.25, 0.3) is 0 Å². The highest BCUT2D eigenvalue weighted by Gasteiger charge is 2.41. The van der Waals surface area contributed by atoms with E-state index in [1.165, 1.54) is 85.9 Å². The van der Waals surface area contributed by atoms with Crippen molar-refractivity contribution in [2.75, 3.05) is 13.1 Å². The average Bonchev–Trinajstić information content (AvgIpc) is 2.85. The third kappa shape index (κ3) is 5.62. The van der Waals surface area contributed by atoms with Gasteiger partial charge in [-0.2, -0.15) is 0 Å². The summed E-state index contributed by atoms with van der Waals surface area (Å²) in [5.41, 5.74) is 8.78. The second-order valence-corrected chi connectivity index (χ2v) is 11.7. The molecular formula is C33H45NO2. The van der Waals surface area contributed by atoms with Crippen molar-refractivity contribution in [1.82, 2.24) is 4.90 Å². The number of aryl methyl sites for hydroxylation is 2. The monoisotopic (exact) mass is 487 g/mol. The molecule has 1 N–H and O–H groups in total. The lowest BCUT2D eigenvalue weighted by molar-refractivity contribution is -0.0304. The van der Waals surface area contributed by atoms with Crippen molar-refractivity contribution in [2.45, 2.75) is 92.0 Å². The summed E-state index contributed by atoms with van der Waals surface area (Å²) in [6.45, 7) is 13.8. The van der Waals surface area contributed by atoms with Crippen molar-refractivity contribution in [3.05, 3.63) is 70.3 Å². The van der Waals surface area contributed by atoms with Crippen LogP contribution in [0.1, 0.15) is 105 Å². The fourth-order valence-corrected chi connectivity index (χ4v) is 6.61. The van der Waals surface area contributed by atoms with Gasteiger partial charge in [-0.25, -0.2) is 4.79 Å². The number of nitrogens with zero attached hydrogens (tertiary/aromatic N) is 1. The molecule has 0 radical (unpaired) electrons. The Morgan fingerprint density at radius 2 is 1.75 bits per heavy atom. The maximum Gasteiger partial charge on any atom is 0.335 e. The molecule has 2 fully saturated rings. The number of carboxylic acid groups (broad SMARTS) is 1.